The number of piperidine rings is 1. The number of rotatable bonds is 14. The Kier molecular flexibility index (Phi) is 20.0. The molecular weight excluding hydrogens is 1110 g/mol. The summed E-state index contributed by atoms with van der Waals surface area (Å²) in [4.78, 5) is 59.2. The van der Waals surface area contributed by atoms with Gasteiger partial charge in [0.2, 0.25) is 18.9 Å². The summed E-state index contributed by atoms with van der Waals surface area (Å²) in [6, 6.07) is 26.6. The number of ether oxygens (including phenoxy) is 4. The third-order valence-electron chi connectivity index (χ3n) is 17.8. The minimum Gasteiger partial charge on any atom is -0.476 e. The number of carbonyl (C=O) groups is 2. The fourth-order valence-electron chi connectivity index (χ4n) is 13.2. The Morgan fingerprint density at radius 1 is 0.632 bits per heavy atom. The number of benzene rings is 4. The Labute approximate surface area is 508 Å². The number of likely N-dealkylation sites (tertiary alicyclic amines) is 2. The Morgan fingerprint density at radius 2 is 1.10 bits per heavy atom. The molecule has 1 amide bonds. The number of hydrogen-bond donors (Lipinski definition) is 1. The number of fused-ring (bicyclic) bond motifs is 4. The van der Waals surface area contributed by atoms with Crippen molar-refractivity contribution in [2.24, 2.45) is 5.92 Å². The van der Waals surface area contributed by atoms with E-state index in [-0.39, 0.29) is 25.3 Å². The number of aromatic nitrogens is 4. The molecule has 6 aliphatic heterocycles. The van der Waals surface area contributed by atoms with Crippen LogP contribution >= 0.6 is 0 Å². The molecule has 6 aliphatic rings. The molecule has 4 aromatic carbocycles. The van der Waals surface area contributed by atoms with Crippen LogP contribution in [0, 0.1) is 32.9 Å². The van der Waals surface area contributed by atoms with E-state index in [0.29, 0.717) is 94.7 Å². The minimum atomic E-state index is -1.60. The van der Waals surface area contributed by atoms with Crippen molar-refractivity contribution >= 4 is 45.1 Å². The molecule has 2 aromatic heterocycles. The minimum absolute atomic E-state index is 0.0547. The normalized spacial score (nSPS) is 22.0. The molecule has 0 bridgehead atoms. The Morgan fingerprint density at radius 3 is 1.55 bits per heavy atom. The smallest absolute Gasteiger partial charge is 0.364 e. The van der Waals surface area contributed by atoms with Crippen molar-refractivity contribution in [3.63, 3.8) is 0 Å². The van der Waals surface area contributed by atoms with Crippen molar-refractivity contribution in [3.05, 3.63) is 165 Å². The van der Waals surface area contributed by atoms with Gasteiger partial charge in [0.25, 0.3) is 5.91 Å². The van der Waals surface area contributed by atoms with E-state index in [1.807, 2.05) is 0 Å². The largest absolute Gasteiger partial charge is 0.476 e. The monoisotopic (exact) mass is 1190 g/mol. The Balaban J connectivity index is 0.000000177. The third-order valence-corrected chi connectivity index (χ3v) is 17.8. The van der Waals surface area contributed by atoms with E-state index in [2.05, 4.69) is 143 Å². The summed E-state index contributed by atoms with van der Waals surface area (Å²) in [6.45, 7) is 32.3. The fraction of sp³-hybridized carbons (Fsp3) is 0.463. The molecule has 4 fully saturated rings. The van der Waals surface area contributed by atoms with Crippen LogP contribution in [0.5, 0.6) is 12.0 Å². The Bertz CT molecular complexity index is 3590. The average Bonchev–Trinajstić information content (AvgIpc) is 3.05. The number of halogens is 2. The number of carbonyl (C=O) groups excluding carboxylic acids is 1. The molecule has 6 atom stereocenters. The number of aryl methyl sites for hydroxylation is 2. The molecule has 6 aromatic rings. The zero-order chi connectivity index (χ0) is 61.3. The second-order valence-electron chi connectivity index (χ2n) is 23.6. The topological polar surface area (TPSA) is 168 Å². The average molecular weight is 1190 g/mol. The van der Waals surface area contributed by atoms with Crippen LogP contribution in [0.25, 0.3) is 31.2 Å². The molecule has 0 radical (unpaired) electrons. The number of nitrogens with zero attached hydrogens (tertiary/aromatic N) is 11. The van der Waals surface area contributed by atoms with Gasteiger partial charge in [-0.1, -0.05) is 86.0 Å². The quantitative estimate of drug-likeness (QED) is 0.0807. The molecule has 8 heterocycles. The van der Waals surface area contributed by atoms with Crippen molar-refractivity contribution in [1.82, 2.24) is 34.6 Å². The van der Waals surface area contributed by atoms with Gasteiger partial charge in [-0.05, 0) is 123 Å². The number of aliphatic carboxylic acids is 1. The fourth-order valence-corrected chi connectivity index (χ4v) is 13.2. The van der Waals surface area contributed by atoms with E-state index in [1.54, 1.807) is 0 Å². The molecule has 0 aliphatic carbocycles. The number of carboxylic acids is 1. The van der Waals surface area contributed by atoms with Gasteiger partial charge >= 0.3 is 18.0 Å². The summed E-state index contributed by atoms with van der Waals surface area (Å²) in [5, 5.41) is 12.4. The predicted octanol–water partition coefficient (Wildman–Crippen LogP) is 10.6. The lowest BCUT2D eigenvalue weighted by atomic mass is 9.92. The predicted molar refractivity (Wildman–Crippen MR) is 330 cm³/mol. The van der Waals surface area contributed by atoms with Crippen LogP contribution in [0.15, 0.2) is 97.6 Å². The van der Waals surface area contributed by atoms with Crippen LogP contribution in [0.4, 0.5) is 20.4 Å². The van der Waals surface area contributed by atoms with Gasteiger partial charge in [-0.2, -0.15) is 24.3 Å². The Hall–Kier alpha value is -8.14. The first-order valence-electron chi connectivity index (χ1n) is 30.1. The zero-order valence-corrected chi connectivity index (χ0v) is 50.2. The first kappa shape index (κ1) is 61.9. The van der Waals surface area contributed by atoms with Crippen molar-refractivity contribution in [1.29, 1.82) is 0 Å². The maximum absolute atomic E-state index is 13.8. The molecule has 2 unspecified atom stereocenters. The van der Waals surface area contributed by atoms with E-state index in [1.165, 1.54) is 49.6 Å². The van der Waals surface area contributed by atoms with Gasteiger partial charge < -0.3 is 58.2 Å². The van der Waals surface area contributed by atoms with Crippen LogP contribution in [0.1, 0.15) is 95.5 Å². The second-order valence-corrected chi connectivity index (χ2v) is 23.6. The van der Waals surface area contributed by atoms with Crippen molar-refractivity contribution in [2.45, 2.75) is 109 Å². The zero-order valence-electron chi connectivity index (χ0n) is 50.2. The van der Waals surface area contributed by atoms with Crippen molar-refractivity contribution in [3.8, 4) is 12.0 Å². The molecule has 1 N–H and O–H groups in total. The molecular formula is C67H77F2N11O7. The highest BCUT2D eigenvalue weighted by Crippen LogP contribution is 2.41. The highest BCUT2D eigenvalue weighted by Gasteiger charge is 2.38. The first-order chi connectivity index (χ1) is 42.1. The number of amides is 1. The summed E-state index contributed by atoms with van der Waals surface area (Å²) in [6.07, 6.45) is 7.73. The van der Waals surface area contributed by atoms with Gasteiger partial charge in [-0.25, -0.2) is 22.3 Å². The lowest BCUT2D eigenvalue weighted by Crippen LogP contribution is -2.57. The van der Waals surface area contributed by atoms with Crippen LogP contribution in [0.2, 0.25) is 0 Å². The van der Waals surface area contributed by atoms with Gasteiger partial charge in [-0.3, -0.25) is 4.79 Å². The number of carboxylic acid groups (broad SMARTS) is 1. The maximum atomic E-state index is 13.8. The van der Waals surface area contributed by atoms with E-state index in [4.69, 9.17) is 57.1 Å². The van der Waals surface area contributed by atoms with E-state index < -0.39 is 29.6 Å². The van der Waals surface area contributed by atoms with Gasteiger partial charge in [0.15, 0.2) is 5.83 Å². The number of hydrogen-bond acceptors (Lipinski definition) is 14. The van der Waals surface area contributed by atoms with Gasteiger partial charge in [0, 0.05) is 74.7 Å². The second kappa shape index (κ2) is 28.1. The third kappa shape index (κ3) is 14.3. The van der Waals surface area contributed by atoms with E-state index in [0.717, 1.165) is 92.2 Å². The molecule has 0 spiro atoms. The maximum Gasteiger partial charge on any atom is 0.364 e. The van der Waals surface area contributed by atoms with Crippen LogP contribution in [0.3, 0.4) is 0 Å². The lowest BCUT2D eigenvalue weighted by molar-refractivity contribution is -0.134. The number of likely N-dealkylation sites (N-methyl/N-ethyl adjacent to an activating group) is 2. The van der Waals surface area contributed by atoms with E-state index in [9.17, 15) is 18.4 Å². The molecule has 12 rings (SSSR count). The number of piperazine rings is 1. The summed E-state index contributed by atoms with van der Waals surface area (Å²) < 4.78 is 50.4. The lowest BCUT2D eigenvalue weighted by Gasteiger charge is -2.40. The van der Waals surface area contributed by atoms with Gasteiger partial charge in [-0.15, -0.1) is 0 Å². The van der Waals surface area contributed by atoms with Gasteiger partial charge in [0.1, 0.15) is 30.9 Å². The summed E-state index contributed by atoms with van der Waals surface area (Å²) in [5.74, 6) is -2.71. The van der Waals surface area contributed by atoms with Gasteiger partial charge in [0.05, 0.1) is 36.8 Å². The molecule has 4 saturated heterocycles. The van der Waals surface area contributed by atoms with Crippen LogP contribution in [-0.4, -0.2) is 156 Å². The van der Waals surface area contributed by atoms with Crippen molar-refractivity contribution in [2.75, 3.05) is 96.0 Å². The summed E-state index contributed by atoms with van der Waals surface area (Å²) in [5.41, 5.74) is 8.67. The molecule has 20 heteroatoms. The first-order valence-corrected chi connectivity index (χ1v) is 30.1. The molecule has 0 saturated carbocycles. The highest BCUT2D eigenvalue weighted by atomic mass is 19.1. The summed E-state index contributed by atoms with van der Waals surface area (Å²) in [7, 11) is 4.28. The van der Waals surface area contributed by atoms with Crippen LogP contribution in [-0.2, 0) is 45.1 Å². The number of anilines is 2. The van der Waals surface area contributed by atoms with Crippen LogP contribution < -0.4 is 19.3 Å². The summed E-state index contributed by atoms with van der Waals surface area (Å²) >= 11 is 0. The standard InChI is InChI=1S/C33H37FN6O3.C31H37N5O2.C3H3FO2/c1-21-8-5-9-23-10-6-12-26(30(21)23)29-16-28-27(20-42-29)31(37-33(36-28)43-19-24-11-7-13-38(24)4)39-14-15-40(32(41)22(2)34)25(18-39)17-35-3;1-21-8-4-10-23-11-5-13-25(29(21)23)28-16-27-26(20-37-28)30(36-15-6-9-22(18-36)17-32-2)34-31(33-27)38-19-24-12-7-14-35(24)3;1-2(4)3(5)6/h5-6,8-10,12,24-25,29H,2,7,11,13-20H2,1,4H3;4-5,8,10-11,13,22,24,28H,6-7,9,12,14-20H2,1,3H3;1H2,(H,5,6)/t24-,25-,29?;22-,24-,28?;/m00./s1. The van der Waals surface area contributed by atoms with E-state index >= 15 is 0 Å². The molecule has 87 heavy (non-hydrogen) atoms. The van der Waals surface area contributed by atoms with Crippen molar-refractivity contribution < 1.29 is 42.4 Å². The molecule has 18 nitrogen and oxygen atoms in total. The highest BCUT2D eigenvalue weighted by molar-refractivity contribution is 5.91. The molecule has 456 valence electrons. The SMILES string of the molecule is C=C(F)C(=O)O.[C-]#[N+]C[C@@H]1CCCN(c2nc(OC[C@@H]3CCCN3C)nc3c2COC(c2cccc4cccc(C)c24)C3)C1.[C-]#[N+]C[C@H]1CN(c2nc(OC[C@@H]3CCCN3C)nc3c2COC(c2cccc4cccc(C)c24)C3)CCN1C(=O)C(=C)F.